The summed E-state index contributed by atoms with van der Waals surface area (Å²) in [5.74, 6) is -2.05. The lowest BCUT2D eigenvalue weighted by atomic mass is 9.42. The summed E-state index contributed by atoms with van der Waals surface area (Å²) in [6.07, 6.45) is 13.2. The van der Waals surface area contributed by atoms with Crippen LogP contribution in [0, 0.1) is 79.8 Å². The molecule has 14 heteroatoms. The Balaban J connectivity index is 0.788. The van der Waals surface area contributed by atoms with Crippen LogP contribution >= 0.6 is 0 Å². The number of allylic oxidation sites excluding steroid dienone is 1. The molecule has 6 aliphatic heterocycles. The van der Waals surface area contributed by atoms with Crippen molar-refractivity contribution in [2.24, 2.45) is 79.8 Å². The Morgan fingerprint density at radius 3 is 2.18 bits per heavy atom. The van der Waals surface area contributed by atoms with Gasteiger partial charge in [-0.3, -0.25) is 4.55 Å². The molecule has 6 heterocycles. The number of aliphatic hydroxyl groups excluding tert-OH is 2. The number of fused-ring (bicyclic) bond motifs is 11. The van der Waals surface area contributed by atoms with E-state index in [1.807, 2.05) is 27.7 Å². The third-order valence-electron chi connectivity index (χ3n) is 25.0. The van der Waals surface area contributed by atoms with E-state index in [-0.39, 0.29) is 66.0 Å². The zero-order valence-electron chi connectivity index (χ0n) is 45.1. The molecule has 0 amide bonds. The lowest BCUT2D eigenvalue weighted by Crippen LogP contribution is -2.76. The zero-order chi connectivity index (χ0) is 51.8. The predicted molar refractivity (Wildman–Crippen MR) is 268 cm³/mol. The molecule has 404 valence electrons. The molecule has 0 aromatic rings. The molecule has 21 atom stereocenters. The zero-order valence-corrected chi connectivity index (χ0v) is 45.9. The van der Waals surface area contributed by atoms with Crippen molar-refractivity contribution >= 4 is 10.4 Å². The average molecular weight is 1030 g/mol. The molecule has 6 N–H and O–H groups in total. The Labute approximate surface area is 429 Å². The maximum Gasteiger partial charge on any atom is 0.397 e. The molecule has 4 unspecified atom stereocenters. The second-order valence-corrected chi connectivity index (χ2v) is 30.1. The quantitative estimate of drug-likeness (QED) is 0.0999. The van der Waals surface area contributed by atoms with Gasteiger partial charge in [-0.2, -0.15) is 8.42 Å². The molecule has 14 aliphatic rings. The molecular weight excluding hydrogens is 937 g/mol. The number of hydrogen-bond donors (Lipinski definition) is 6. The van der Waals surface area contributed by atoms with Gasteiger partial charge in [0.25, 0.3) is 0 Å². The monoisotopic (exact) mass is 1020 g/mol. The highest BCUT2D eigenvalue weighted by Gasteiger charge is 2.76. The van der Waals surface area contributed by atoms with Crippen LogP contribution in [0.4, 0.5) is 0 Å². The van der Waals surface area contributed by atoms with Crippen molar-refractivity contribution in [3.05, 3.63) is 34.4 Å². The summed E-state index contributed by atoms with van der Waals surface area (Å²) >= 11 is 0. The lowest BCUT2D eigenvalue weighted by molar-refractivity contribution is -0.408. The summed E-state index contributed by atoms with van der Waals surface area (Å²) in [5.41, 5.74) is -0.587. The molecule has 6 bridgehead atoms. The van der Waals surface area contributed by atoms with E-state index < -0.39 is 79.1 Å². The smallest absolute Gasteiger partial charge is 0.387 e. The molecule has 6 saturated heterocycles. The fraction of sp³-hybridized carbons (Fsp3) is 0.897. The minimum Gasteiger partial charge on any atom is -0.387 e. The highest BCUT2D eigenvalue weighted by Crippen LogP contribution is 2.74. The van der Waals surface area contributed by atoms with Crippen LogP contribution in [-0.4, -0.2) is 111 Å². The van der Waals surface area contributed by atoms with Crippen LogP contribution in [0.1, 0.15) is 172 Å². The largest absolute Gasteiger partial charge is 0.397 e. The van der Waals surface area contributed by atoms with Gasteiger partial charge in [0.05, 0.1) is 48.3 Å². The molecule has 0 radical (unpaired) electrons. The van der Waals surface area contributed by atoms with Crippen LogP contribution < -0.4 is 0 Å². The topological polar surface area (TPSA) is 202 Å². The van der Waals surface area contributed by atoms with Crippen LogP contribution in [0.15, 0.2) is 34.4 Å². The number of hydrogen-bond acceptors (Lipinski definition) is 12. The number of aliphatic hydroxyl groups is 5. The van der Waals surface area contributed by atoms with Crippen molar-refractivity contribution in [1.29, 1.82) is 0 Å². The third-order valence-corrected chi connectivity index (χ3v) is 25.5. The van der Waals surface area contributed by atoms with E-state index in [0.29, 0.717) is 42.9 Å². The fourth-order valence-corrected chi connectivity index (χ4v) is 22.2. The van der Waals surface area contributed by atoms with Gasteiger partial charge in [0.15, 0.2) is 5.79 Å². The minimum atomic E-state index is -4.83. The summed E-state index contributed by atoms with van der Waals surface area (Å²) in [5, 5.41) is 59.3. The van der Waals surface area contributed by atoms with Crippen molar-refractivity contribution in [3.63, 3.8) is 0 Å². The molecule has 10 fully saturated rings. The Bertz CT molecular complexity index is 2500. The van der Waals surface area contributed by atoms with Crippen molar-refractivity contribution in [2.75, 3.05) is 13.2 Å². The van der Waals surface area contributed by atoms with Crippen LogP contribution in [0.3, 0.4) is 0 Å². The number of ether oxygens (including phenoxy) is 4. The summed E-state index contributed by atoms with van der Waals surface area (Å²) < 4.78 is 68.1. The van der Waals surface area contributed by atoms with E-state index in [1.165, 1.54) is 11.1 Å². The van der Waals surface area contributed by atoms with Gasteiger partial charge in [0, 0.05) is 27.6 Å². The van der Waals surface area contributed by atoms with E-state index in [4.69, 9.17) is 23.1 Å². The van der Waals surface area contributed by atoms with E-state index in [0.717, 1.165) is 81.8 Å². The normalized spacial score (nSPS) is 54.0. The molecule has 14 rings (SSSR count). The Morgan fingerprint density at radius 2 is 1.49 bits per heavy atom. The van der Waals surface area contributed by atoms with Crippen LogP contribution in [0.25, 0.3) is 0 Å². The molecule has 4 saturated carbocycles. The lowest BCUT2D eigenvalue weighted by Gasteiger charge is -2.69. The van der Waals surface area contributed by atoms with Crippen LogP contribution in [0.2, 0.25) is 0 Å². The first kappa shape index (κ1) is 51.5. The van der Waals surface area contributed by atoms with E-state index >= 15 is 0 Å². The maximum atomic E-state index is 13.1. The Morgan fingerprint density at radius 1 is 0.806 bits per heavy atom. The molecule has 0 aromatic carbocycles. The van der Waals surface area contributed by atoms with E-state index in [1.54, 1.807) is 0 Å². The van der Waals surface area contributed by atoms with Crippen LogP contribution in [-0.2, 0) is 33.5 Å². The van der Waals surface area contributed by atoms with Gasteiger partial charge in [0.2, 0.25) is 5.79 Å². The van der Waals surface area contributed by atoms with Crippen molar-refractivity contribution in [3.8, 4) is 0 Å². The first-order chi connectivity index (χ1) is 33.3. The van der Waals surface area contributed by atoms with Gasteiger partial charge in [0.1, 0.15) is 12.2 Å². The Kier molecular flexibility index (Phi) is 11.1. The standard InChI is InChI=1S/C58H88O13S/c1-31(35-15-16-42-52(35,10)22-19-43-55-28-45(60)57(62,68-30-55)48(3,4)41(55)20-23-56(42,43)61)12-17-46-53(11)26-33(50(7,8)71-53)24-39(69-46)32(2)36-13-14-37-34-25-40(70-72(64,65)66)47-49(5,6)58(63)44(59)27-54(47,29-67-58)38(34)18-21-51(36,37)9/h19-20,31-33,35-37,39-40,42,44-47,59-63H,12-18,21-30H2,1-11H3,(H,64,65,66)/t31-,32?,33-,35-,36-,37?,39-,40+,42?,44+,45+,46+,47?,51-,52-,53-,54+,55-,56+,57-,58-/m1/s1. The predicted octanol–water partition coefficient (Wildman–Crippen LogP) is 8.52. The van der Waals surface area contributed by atoms with E-state index in [9.17, 15) is 38.5 Å². The Hall–Kier alpha value is -1.27. The summed E-state index contributed by atoms with van der Waals surface area (Å²) in [6, 6.07) is 0. The molecule has 13 nitrogen and oxygen atoms in total. The van der Waals surface area contributed by atoms with Gasteiger partial charge < -0.3 is 44.5 Å². The SMILES string of the molecule is CC([C@H]1CCC2C3=C(CC[C@@]21C)[C@@]12CO[C@](O)([C@@H](O)C1)C(C)(C)C2[C@@H](OS(=O)(=O)O)C3)[C@H]1C[C@@H]2C[C@@](C)(OC2(C)C)[C@H](CC[C@@H](C)[C@H]2CCC3[C@@]4(O)CC=C5C(C)(C)[C@]6(O)OC[C@@]5(C[C@@H]6O)C4=CC[C@@]32C)O1. The van der Waals surface area contributed by atoms with Gasteiger partial charge in [-0.05, 0) is 175 Å². The first-order valence-corrected chi connectivity index (χ1v) is 29.6. The molecule has 0 aromatic heterocycles. The highest BCUT2D eigenvalue weighted by atomic mass is 32.3. The molecule has 2 spiro atoms. The third kappa shape index (κ3) is 6.41. The average Bonchev–Trinajstić information content (AvgIpc) is 3.86. The first-order valence-electron chi connectivity index (χ1n) is 28.3. The van der Waals surface area contributed by atoms with Crippen molar-refractivity contribution in [1.82, 2.24) is 0 Å². The molecule has 72 heavy (non-hydrogen) atoms. The van der Waals surface area contributed by atoms with Gasteiger partial charge in [-0.25, -0.2) is 4.18 Å². The van der Waals surface area contributed by atoms with Crippen molar-refractivity contribution < 1.29 is 61.6 Å². The summed E-state index contributed by atoms with van der Waals surface area (Å²) in [7, 11) is -4.83. The summed E-state index contributed by atoms with van der Waals surface area (Å²) in [6.45, 7) is 24.6. The van der Waals surface area contributed by atoms with Gasteiger partial charge in [-0.1, -0.05) is 84.3 Å². The maximum absolute atomic E-state index is 13.1. The second-order valence-electron chi connectivity index (χ2n) is 29.0. The summed E-state index contributed by atoms with van der Waals surface area (Å²) in [4.78, 5) is 0. The molecular formula is C58H88O13S. The molecule has 8 aliphatic carbocycles. The highest BCUT2D eigenvalue weighted by molar-refractivity contribution is 7.80. The van der Waals surface area contributed by atoms with Gasteiger partial charge >= 0.3 is 10.4 Å². The second kappa shape index (κ2) is 15.5. The van der Waals surface area contributed by atoms with Crippen LogP contribution in [0.5, 0.6) is 0 Å². The van der Waals surface area contributed by atoms with E-state index in [2.05, 4.69) is 60.6 Å². The fourth-order valence-electron chi connectivity index (χ4n) is 21.7. The minimum absolute atomic E-state index is 0.0242. The number of rotatable bonds is 8. The van der Waals surface area contributed by atoms with Gasteiger partial charge in [-0.15, -0.1) is 0 Å². The van der Waals surface area contributed by atoms with Crippen molar-refractivity contribution in [2.45, 2.75) is 231 Å².